The van der Waals surface area contributed by atoms with Crippen LogP contribution in [0.25, 0.3) is 0 Å². The minimum absolute atomic E-state index is 0.0378. The highest BCUT2D eigenvalue weighted by molar-refractivity contribution is 7.47. The molecular formula is C76H153NO8P+. The summed E-state index contributed by atoms with van der Waals surface area (Å²) < 4.78 is 34.8. The van der Waals surface area contributed by atoms with Crippen molar-refractivity contribution in [1.29, 1.82) is 0 Å². The van der Waals surface area contributed by atoms with Crippen molar-refractivity contribution in [3.63, 3.8) is 0 Å². The molecule has 10 heteroatoms. The van der Waals surface area contributed by atoms with Gasteiger partial charge in [-0.15, -0.1) is 0 Å². The Kier molecular flexibility index (Phi) is 67.6. The summed E-state index contributed by atoms with van der Waals surface area (Å²) >= 11 is 0. The van der Waals surface area contributed by atoms with E-state index in [0.717, 1.165) is 38.5 Å². The van der Waals surface area contributed by atoms with Gasteiger partial charge in [-0.1, -0.05) is 399 Å². The Morgan fingerprint density at radius 3 is 0.744 bits per heavy atom. The van der Waals surface area contributed by atoms with Crippen LogP contribution in [0.15, 0.2) is 0 Å². The molecule has 0 aliphatic carbocycles. The molecule has 86 heavy (non-hydrogen) atoms. The van der Waals surface area contributed by atoms with Crippen molar-refractivity contribution in [2.24, 2.45) is 0 Å². The summed E-state index contributed by atoms with van der Waals surface area (Å²) in [4.78, 5) is 35.9. The van der Waals surface area contributed by atoms with Gasteiger partial charge in [0.25, 0.3) is 0 Å². The number of phosphoric ester groups is 1. The molecule has 9 nitrogen and oxygen atoms in total. The third-order valence-electron chi connectivity index (χ3n) is 18.1. The van der Waals surface area contributed by atoms with E-state index in [9.17, 15) is 19.0 Å². The zero-order valence-electron chi connectivity index (χ0n) is 58.9. The minimum Gasteiger partial charge on any atom is -0.462 e. The summed E-state index contributed by atoms with van der Waals surface area (Å²) in [5.41, 5.74) is 0. The molecule has 1 N–H and O–H groups in total. The SMILES string of the molecule is CCCCCCCCCCCCCCCCCCCCCCCCCCCCCCCCCCCCCCCCCC(=O)OC(COC(=O)CCCCCCCCCCCCCCCCCCCCCCCCC)COP(=O)(O)OCC[N+](C)(C)C. The van der Waals surface area contributed by atoms with Gasteiger partial charge in [0, 0.05) is 12.8 Å². The number of quaternary nitrogens is 1. The first-order chi connectivity index (χ1) is 42.0. The van der Waals surface area contributed by atoms with Crippen LogP contribution in [0.2, 0.25) is 0 Å². The number of carbonyl (C=O) groups excluding carboxylic acids is 2. The predicted molar refractivity (Wildman–Crippen MR) is 372 cm³/mol. The molecule has 0 saturated heterocycles. The molecule has 0 aromatic rings. The van der Waals surface area contributed by atoms with Crippen molar-refractivity contribution in [3.8, 4) is 0 Å². The molecule has 0 bridgehead atoms. The van der Waals surface area contributed by atoms with E-state index >= 15 is 0 Å². The van der Waals surface area contributed by atoms with Crippen LogP contribution in [0.4, 0.5) is 0 Å². The molecule has 2 atom stereocenters. The molecule has 0 aromatic carbocycles. The van der Waals surface area contributed by atoms with Crippen LogP contribution in [0.1, 0.15) is 425 Å². The van der Waals surface area contributed by atoms with E-state index < -0.39 is 26.5 Å². The number of esters is 2. The Hall–Kier alpha value is -0.990. The largest absolute Gasteiger partial charge is 0.472 e. The maximum Gasteiger partial charge on any atom is 0.472 e. The van der Waals surface area contributed by atoms with Gasteiger partial charge in [-0.2, -0.15) is 0 Å². The van der Waals surface area contributed by atoms with Crippen LogP contribution in [0, 0.1) is 0 Å². The molecule has 0 aromatic heterocycles. The van der Waals surface area contributed by atoms with Gasteiger partial charge in [0.1, 0.15) is 19.8 Å². The number of carbonyl (C=O) groups is 2. The maximum atomic E-state index is 12.9. The molecule has 0 aliphatic rings. The average molecular weight is 1240 g/mol. The predicted octanol–water partition coefficient (Wildman–Crippen LogP) is 25.3. The Morgan fingerprint density at radius 2 is 0.523 bits per heavy atom. The Labute approximate surface area is 537 Å². The summed E-state index contributed by atoms with van der Waals surface area (Å²) in [6.45, 7) is 4.54. The van der Waals surface area contributed by atoms with Crippen molar-refractivity contribution in [2.75, 3.05) is 47.5 Å². The zero-order chi connectivity index (χ0) is 62.6. The van der Waals surface area contributed by atoms with E-state index in [1.807, 2.05) is 21.1 Å². The second-order valence-corrected chi connectivity index (χ2v) is 29.6. The number of hydrogen-bond donors (Lipinski definition) is 1. The molecule has 0 aliphatic heterocycles. The Morgan fingerprint density at radius 1 is 0.314 bits per heavy atom. The van der Waals surface area contributed by atoms with E-state index in [2.05, 4.69) is 13.8 Å². The Bertz CT molecular complexity index is 1410. The summed E-state index contributed by atoms with van der Waals surface area (Å²) in [6.07, 6.45) is 84.0. The van der Waals surface area contributed by atoms with Crippen LogP contribution < -0.4 is 0 Å². The number of ether oxygens (including phenoxy) is 2. The van der Waals surface area contributed by atoms with E-state index in [0.29, 0.717) is 17.4 Å². The molecule has 0 heterocycles. The maximum absolute atomic E-state index is 12.9. The van der Waals surface area contributed by atoms with Crippen LogP contribution in [-0.4, -0.2) is 74.9 Å². The minimum atomic E-state index is -4.39. The lowest BCUT2D eigenvalue weighted by molar-refractivity contribution is -0.870. The fourth-order valence-electron chi connectivity index (χ4n) is 12.2. The summed E-state index contributed by atoms with van der Waals surface area (Å²) in [5.74, 6) is -0.766. The van der Waals surface area contributed by atoms with Crippen LogP contribution >= 0.6 is 7.82 Å². The van der Waals surface area contributed by atoms with E-state index in [1.54, 1.807) is 0 Å². The summed E-state index contributed by atoms with van der Waals surface area (Å²) in [7, 11) is 1.51. The molecular weight excluding hydrogens is 1090 g/mol. The highest BCUT2D eigenvalue weighted by atomic mass is 31.2. The summed E-state index contributed by atoms with van der Waals surface area (Å²) in [5, 5.41) is 0. The molecule has 514 valence electrons. The normalized spacial score (nSPS) is 13.0. The molecule has 0 fully saturated rings. The number of likely N-dealkylation sites (N-methyl/N-ethyl adjacent to an activating group) is 1. The zero-order valence-corrected chi connectivity index (χ0v) is 59.8. The van der Waals surface area contributed by atoms with E-state index in [4.69, 9.17) is 18.5 Å². The average Bonchev–Trinajstić information content (AvgIpc) is 3.56. The number of phosphoric acid groups is 1. The molecule has 0 amide bonds. The van der Waals surface area contributed by atoms with Gasteiger partial charge in [-0.05, 0) is 12.8 Å². The topological polar surface area (TPSA) is 108 Å². The van der Waals surface area contributed by atoms with Crippen molar-refractivity contribution >= 4 is 19.8 Å². The van der Waals surface area contributed by atoms with Crippen molar-refractivity contribution < 1.29 is 42.1 Å². The highest BCUT2D eigenvalue weighted by Crippen LogP contribution is 2.43. The third-order valence-corrected chi connectivity index (χ3v) is 19.1. The first-order valence-electron chi connectivity index (χ1n) is 38.8. The molecule has 0 rings (SSSR count). The van der Waals surface area contributed by atoms with E-state index in [-0.39, 0.29) is 25.6 Å². The first kappa shape index (κ1) is 85.0. The molecule has 0 saturated carbocycles. The molecule has 0 spiro atoms. The second-order valence-electron chi connectivity index (χ2n) is 28.1. The van der Waals surface area contributed by atoms with Gasteiger partial charge in [-0.3, -0.25) is 18.6 Å². The van der Waals surface area contributed by atoms with Crippen molar-refractivity contribution in [2.45, 2.75) is 431 Å². The summed E-state index contributed by atoms with van der Waals surface area (Å²) in [6, 6.07) is 0. The standard InChI is InChI=1S/C76H152NO8P/c1-6-8-10-12-14-16-18-20-22-24-26-28-30-31-32-33-34-35-36-37-38-39-40-41-42-43-44-45-47-49-51-53-55-57-59-61-63-65-67-69-76(79)85-74(73-84-86(80,81)83-71-70-77(3,4)5)72-82-75(78)68-66-64-62-60-58-56-54-52-50-48-46-29-27-25-23-21-19-17-15-13-11-9-7-2/h74H,6-73H2,1-5H3/p+1. The quantitative estimate of drug-likeness (QED) is 0.0278. The molecule has 2 unspecified atom stereocenters. The number of rotatable bonds is 74. The lowest BCUT2D eigenvalue weighted by Gasteiger charge is -2.24. The number of hydrogen-bond acceptors (Lipinski definition) is 7. The monoisotopic (exact) mass is 1240 g/mol. The van der Waals surface area contributed by atoms with Gasteiger partial charge in [-0.25, -0.2) is 4.57 Å². The van der Waals surface area contributed by atoms with Gasteiger partial charge in [0.2, 0.25) is 0 Å². The number of unbranched alkanes of at least 4 members (excludes halogenated alkanes) is 60. The van der Waals surface area contributed by atoms with Crippen LogP contribution in [-0.2, 0) is 32.7 Å². The van der Waals surface area contributed by atoms with Gasteiger partial charge in [0.05, 0.1) is 27.7 Å². The lowest BCUT2D eigenvalue weighted by Crippen LogP contribution is -2.37. The second kappa shape index (κ2) is 68.4. The van der Waals surface area contributed by atoms with Crippen LogP contribution in [0.3, 0.4) is 0 Å². The first-order valence-corrected chi connectivity index (χ1v) is 40.3. The lowest BCUT2D eigenvalue weighted by atomic mass is 10.0. The fourth-order valence-corrected chi connectivity index (χ4v) is 12.9. The molecule has 0 radical (unpaired) electrons. The van der Waals surface area contributed by atoms with Gasteiger partial charge >= 0.3 is 19.8 Å². The Balaban J connectivity index is 3.86. The fraction of sp³-hybridized carbons (Fsp3) is 0.974. The highest BCUT2D eigenvalue weighted by Gasteiger charge is 2.27. The van der Waals surface area contributed by atoms with Gasteiger partial charge < -0.3 is 18.9 Å². The van der Waals surface area contributed by atoms with Crippen molar-refractivity contribution in [3.05, 3.63) is 0 Å². The third kappa shape index (κ3) is 72.1. The smallest absolute Gasteiger partial charge is 0.462 e. The van der Waals surface area contributed by atoms with Crippen molar-refractivity contribution in [1.82, 2.24) is 0 Å². The van der Waals surface area contributed by atoms with Gasteiger partial charge in [0.15, 0.2) is 6.10 Å². The number of nitrogens with zero attached hydrogens (tertiary/aromatic N) is 1. The van der Waals surface area contributed by atoms with Crippen LogP contribution in [0.5, 0.6) is 0 Å². The van der Waals surface area contributed by atoms with E-state index in [1.165, 1.54) is 360 Å².